The van der Waals surface area contributed by atoms with Gasteiger partial charge in [0.15, 0.2) is 5.76 Å². The molecule has 1 aliphatic rings. The first-order chi connectivity index (χ1) is 11.1. The number of nitrogens with one attached hydrogen (secondary N) is 1. The molecule has 0 aromatic carbocycles. The van der Waals surface area contributed by atoms with Crippen LogP contribution in [0.15, 0.2) is 22.8 Å². The van der Waals surface area contributed by atoms with Gasteiger partial charge in [0.1, 0.15) is 5.82 Å². The maximum absolute atomic E-state index is 12.3. The Morgan fingerprint density at radius 3 is 2.96 bits per heavy atom. The smallest absolute Gasteiger partial charge is 0.237 e. The summed E-state index contributed by atoms with van der Waals surface area (Å²) in [5.41, 5.74) is 0. The fraction of sp³-hybridized carbons (Fsp3) is 0.562. The summed E-state index contributed by atoms with van der Waals surface area (Å²) in [6.45, 7) is 8.52. The Hall–Kier alpha value is -2.15. The van der Waals surface area contributed by atoms with Crippen LogP contribution in [-0.2, 0) is 17.8 Å². The highest BCUT2D eigenvalue weighted by Crippen LogP contribution is 2.19. The quantitative estimate of drug-likeness (QED) is 0.900. The van der Waals surface area contributed by atoms with Gasteiger partial charge >= 0.3 is 0 Å². The van der Waals surface area contributed by atoms with Crippen molar-refractivity contribution in [3.8, 4) is 11.6 Å². The van der Waals surface area contributed by atoms with Gasteiger partial charge in [-0.25, -0.2) is 9.67 Å². The fourth-order valence-corrected chi connectivity index (χ4v) is 3.02. The summed E-state index contributed by atoms with van der Waals surface area (Å²) in [4.78, 5) is 19.1. The summed E-state index contributed by atoms with van der Waals surface area (Å²) in [5, 5.41) is 7.45. The van der Waals surface area contributed by atoms with E-state index in [1.807, 2.05) is 23.7 Å². The van der Waals surface area contributed by atoms with Crippen molar-refractivity contribution in [2.45, 2.75) is 45.8 Å². The number of aromatic nitrogens is 3. The minimum absolute atomic E-state index is 0.0650. The Bertz CT molecular complexity index is 662. The molecule has 0 unspecified atom stereocenters. The van der Waals surface area contributed by atoms with Gasteiger partial charge in [0.2, 0.25) is 11.7 Å². The van der Waals surface area contributed by atoms with E-state index in [0.717, 1.165) is 12.4 Å². The lowest BCUT2D eigenvalue weighted by Gasteiger charge is -2.37. The molecule has 1 amide bonds. The molecule has 7 nitrogen and oxygen atoms in total. The zero-order valence-corrected chi connectivity index (χ0v) is 13.8. The van der Waals surface area contributed by atoms with E-state index in [2.05, 4.69) is 34.1 Å². The second kappa shape index (κ2) is 6.54. The highest BCUT2D eigenvalue weighted by Gasteiger charge is 2.33. The lowest BCUT2D eigenvalue weighted by Crippen LogP contribution is -2.58. The van der Waals surface area contributed by atoms with Crippen LogP contribution in [0.5, 0.6) is 0 Å². The molecule has 7 heteroatoms. The first-order valence-electron chi connectivity index (χ1n) is 8.11. The van der Waals surface area contributed by atoms with Crippen LogP contribution in [0, 0.1) is 0 Å². The van der Waals surface area contributed by atoms with E-state index < -0.39 is 0 Å². The maximum atomic E-state index is 12.3. The van der Waals surface area contributed by atoms with Gasteiger partial charge in [0.25, 0.3) is 0 Å². The molecule has 1 N–H and O–H groups in total. The lowest BCUT2D eigenvalue weighted by molar-refractivity contribution is -0.130. The average molecular weight is 317 g/mol. The molecule has 3 rings (SSSR count). The Balaban J connectivity index is 1.87. The van der Waals surface area contributed by atoms with Crippen molar-refractivity contribution in [2.75, 3.05) is 13.1 Å². The SMILES string of the molecule is CCn1nc(-c2ccco2)nc1C[C@H]1C(=O)NCCN1C(C)C. The zero-order valence-electron chi connectivity index (χ0n) is 13.8. The van der Waals surface area contributed by atoms with Crippen molar-refractivity contribution < 1.29 is 9.21 Å². The average Bonchev–Trinajstić information content (AvgIpc) is 3.17. The first kappa shape index (κ1) is 15.7. The molecule has 0 radical (unpaired) electrons. The number of hydrogen-bond acceptors (Lipinski definition) is 5. The number of nitrogens with zero attached hydrogens (tertiary/aromatic N) is 4. The van der Waals surface area contributed by atoms with E-state index in [-0.39, 0.29) is 11.9 Å². The van der Waals surface area contributed by atoms with Gasteiger partial charge < -0.3 is 9.73 Å². The first-order valence-corrected chi connectivity index (χ1v) is 8.11. The molecule has 0 bridgehead atoms. The number of carbonyl (C=O) groups is 1. The van der Waals surface area contributed by atoms with Crippen LogP contribution >= 0.6 is 0 Å². The molecule has 2 aromatic heterocycles. The van der Waals surface area contributed by atoms with Gasteiger partial charge in [-0.1, -0.05) is 0 Å². The van der Waals surface area contributed by atoms with E-state index in [1.54, 1.807) is 6.26 Å². The van der Waals surface area contributed by atoms with Crippen molar-refractivity contribution in [1.82, 2.24) is 25.0 Å². The van der Waals surface area contributed by atoms with E-state index in [4.69, 9.17) is 4.42 Å². The van der Waals surface area contributed by atoms with Gasteiger partial charge in [0, 0.05) is 32.1 Å². The monoisotopic (exact) mass is 317 g/mol. The third-order valence-electron chi connectivity index (χ3n) is 4.20. The third-order valence-corrected chi connectivity index (χ3v) is 4.20. The molecule has 23 heavy (non-hydrogen) atoms. The Labute approximate surface area is 135 Å². The summed E-state index contributed by atoms with van der Waals surface area (Å²) < 4.78 is 7.22. The van der Waals surface area contributed by atoms with Gasteiger partial charge in [-0.05, 0) is 32.9 Å². The van der Waals surface area contributed by atoms with Crippen LogP contribution in [-0.4, -0.2) is 50.7 Å². The van der Waals surface area contributed by atoms with Crippen molar-refractivity contribution in [2.24, 2.45) is 0 Å². The largest absolute Gasteiger partial charge is 0.461 e. The van der Waals surface area contributed by atoms with Gasteiger partial charge in [0.05, 0.1) is 12.3 Å². The predicted molar refractivity (Wildman–Crippen MR) is 85.7 cm³/mol. The van der Waals surface area contributed by atoms with Crippen molar-refractivity contribution >= 4 is 5.91 Å². The molecule has 124 valence electrons. The molecular formula is C16H23N5O2. The third kappa shape index (κ3) is 3.14. The Morgan fingerprint density at radius 1 is 1.48 bits per heavy atom. The minimum atomic E-state index is -0.206. The maximum Gasteiger partial charge on any atom is 0.237 e. The predicted octanol–water partition coefficient (Wildman–Crippen LogP) is 1.31. The van der Waals surface area contributed by atoms with Gasteiger partial charge in [-0.3, -0.25) is 9.69 Å². The Kier molecular flexibility index (Phi) is 4.47. The Morgan fingerprint density at radius 2 is 2.30 bits per heavy atom. The number of rotatable bonds is 5. The number of aryl methyl sites for hydroxylation is 1. The molecule has 1 fully saturated rings. The van der Waals surface area contributed by atoms with Crippen LogP contribution in [0.2, 0.25) is 0 Å². The van der Waals surface area contributed by atoms with Crippen LogP contribution in [0.1, 0.15) is 26.6 Å². The van der Waals surface area contributed by atoms with E-state index in [9.17, 15) is 4.79 Å². The molecule has 1 atom stereocenters. The highest BCUT2D eigenvalue weighted by molar-refractivity contribution is 5.82. The molecule has 2 aromatic rings. The zero-order chi connectivity index (χ0) is 16.4. The van der Waals surface area contributed by atoms with E-state index in [0.29, 0.717) is 37.1 Å². The number of carbonyl (C=O) groups excluding carboxylic acids is 1. The molecular weight excluding hydrogens is 294 g/mol. The normalized spacial score (nSPS) is 19.3. The number of amides is 1. The number of furan rings is 1. The van der Waals surface area contributed by atoms with E-state index >= 15 is 0 Å². The number of hydrogen-bond donors (Lipinski definition) is 1. The lowest BCUT2D eigenvalue weighted by atomic mass is 10.1. The topological polar surface area (TPSA) is 76.2 Å². The van der Waals surface area contributed by atoms with Crippen LogP contribution in [0.4, 0.5) is 0 Å². The van der Waals surface area contributed by atoms with Crippen molar-refractivity contribution in [1.29, 1.82) is 0 Å². The summed E-state index contributed by atoms with van der Waals surface area (Å²) >= 11 is 0. The molecule has 0 spiro atoms. The van der Waals surface area contributed by atoms with Crippen molar-refractivity contribution in [3.05, 3.63) is 24.2 Å². The summed E-state index contributed by atoms with van der Waals surface area (Å²) in [7, 11) is 0. The van der Waals surface area contributed by atoms with Crippen LogP contribution in [0.25, 0.3) is 11.6 Å². The molecule has 0 aliphatic carbocycles. The second-order valence-corrected chi connectivity index (χ2v) is 5.99. The molecule has 1 aliphatic heterocycles. The van der Waals surface area contributed by atoms with E-state index in [1.165, 1.54) is 0 Å². The van der Waals surface area contributed by atoms with Crippen LogP contribution in [0.3, 0.4) is 0 Å². The summed E-state index contributed by atoms with van der Waals surface area (Å²) in [5.74, 6) is 2.09. The summed E-state index contributed by atoms with van der Waals surface area (Å²) in [6.07, 6.45) is 2.16. The van der Waals surface area contributed by atoms with Gasteiger partial charge in [-0.2, -0.15) is 0 Å². The molecule has 0 saturated carbocycles. The van der Waals surface area contributed by atoms with Crippen LogP contribution < -0.4 is 5.32 Å². The van der Waals surface area contributed by atoms with Gasteiger partial charge in [-0.15, -0.1) is 5.10 Å². The second-order valence-electron chi connectivity index (χ2n) is 5.99. The molecule has 3 heterocycles. The fourth-order valence-electron chi connectivity index (χ4n) is 3.02. The molecule has 1 saturated heterocycles. The minimum Gasteiger partial charge on any atom is -0.461 e. The van der Waals surface area contributed by atoms with Crippen molar-refractivity contribution in [3.63, 3.8) is 0 Å². The standard InChI is InChI=1S/C16H23N5O2/c1-4-21-14(18-15(19-21)13-6-5-9-23-13)10-12-16(22)17-7-8-20(12)11(2)3/h5-6,9,11-12H,4,7-8,10H2,1-3H3,(H,17,22)/t12-/m0/s1. The highest BCUT2D eigenvalue weighted by atomic mass is 16.3. The number of piperazine rings is 1. The summed E-state index contributed by atoms with van der Waals surface area (Å²) in [6, 6.07) is 3.76.